The molecule has 0 amide bonds. The van der Waals surface area contributed by atoms with Gasteiger partial charge in [-0.05, 0) is 0 Å². The van der Waals surface area contributed by atoms with Gasteiger partial charge >= 0.3 is 12.0 Å². The summed E-state index contributed by atoms with van der Waals surface area (Å²) in [5.41, 5.74) is 0. The van der Waals surface area contributed by atoms with Crippen molar-refractivity contribution in [3.05, 3.63) is 11.6 Å². The lowest BCUT2D eigenvalue weighted by Gasteiger charge is -2.11. The van der Waals surface area contributed by atoms with Crippen molar-refractivity contribution in [1.82, 2.24) is 15.1 Å². The summed E-state index contributed by atoms with van der Waals surface area (Å²) in [7, 11) is 1.31. The molecule has 14 heavy (non-hydrogen) atoms. The summed E-state index contributed by atoms with van der Waals surface area (Å²) >= 11 is 0. The fourth-order valence-corrected chi connectivity index (χ4v) is 1.66. The molecule has 78 valence electrons. The standard InChI is InChI=1S/C7H10F3N4/c1-13-6(7(8,9)10)14-3-2-11-4-5(14)12-13/h11H,2-4H2,1H3/q+1. The molecule has 0 atom stereocenters. The van der Waals surface area contributed by atoms with Crippen LogP contribution in [-0.2, 0) is 26.3 Å². The zero-order valence-electron chi connectivity index (χ0n) is 7.60. The summed E-state index contributed by atoms with van der Waals surface area (Å²) in [6.45, 7) is 1.26. The van der Waals surface area contributed by atoms with Crippen molar-refractivity contribution in [2.45, 2.75) is 19.3 Å². The van der Waals surface area contributed by atoms with Crippen molar-refractivity contribution in [1.29, 1.82) is 0 Å². The Hall–Kier alpha value is -1.11. The number of aromatic nitrogens is 3. The Morgan fingerprint density at radius 3 is 2.86 bits per heavy atom. The zero-order valence-corrected chi connectivity index (χ0v) is 7.60. The maximum atomic E-state index is 12.6. The molecule has 2 rings (SSSR count). The molecular formula is C7H10F3N4+. The van der Waals surface area contributed by atoms with E-state index in [1.54, 1.807) is 0 Å². The van der Waals surface area contributed by atoms with E-state index in [0.29, 0.717) is 25.5 Å². The van der Waals surface area contributed by atoms with Crippen molar-refractivity contribution in [3.63, 3.8) is 0 Å². The number of nitrogens with zero attached hydrogens (tertiary/aromatic N) is 3. The van der Waals surface area contributed by atoms with Crippen LogP contribution in [0, 0.1) is 0 Å². The number of hydrogen-bond acceptors (Lipinski definition) is 2. The van der Waals surface area contributed by atoms with E-state index in [4.69, 9.17) is 0 Å². The van der Waals surface area contributed by atoms with E-state index in [-0.39, 0.29) is 0 Å². The van der Waals surface area contributed by atoms with Crippen molar-refractivity contribution in [2.24, 2.45) is 7.05 Å². The van der Waals surface area contributed by atoms with Crippen LogP contribution < -0.4 is 9.88 Å². The smallest absolute Gasteiger partial charge is 0.304 e. The van der Waals surface area contributed by atoms with Gasteiger partial charge in [0.2, 0.25) is 0 Å². The highest BCUT2D eigenvalue weighted by Gasteiger charge is 2.46. The molecule has 0 radical (unpaired) electrons. The minimum Gasteiger partial charge on any atom is -0.304 e. The molecule has 2 heterocycles. The second-order valence-corrected chi connectivity index (χ2v) is 3.19. The molecular weight excluding hydrogens is 197 g/mol. The SMILES string of the molecule is Cn1nc2[n+](c1C(F)(F)F)CCNC2. The average molecular weight is 207 g/mol. The average Bonchev–Trinajstić information content (AvgIpc) is 2.38. The summed E-state index contributed by atoms with van der Waals surface area (Å²) in [4.78, 5) is 0. The van der Waals surface area contributed by atoms with Gasteiger partial charge < -0.3 is 5.32 Å². The highest BCUT2D eigenvalue weighted by atomic mass is 19.4. The monoisotopic (exact) mass is 207 g/mol. The second-order valence-electron chi connectivity index (χ2n) is 3.19. The molecule has 1 N–H and O–H groups in total. The molecule has 7 heteroatoms. The molecule has 4 nitrogen and oxygen atoms in total. The Kier molecular flexibility index (Phi) is 1.99. The third kappa shape index (κ3) is 1.37. The van der Waals surface area contributed by atoms with Crippen molar-refractivity contribution in [2.75, 3.05) is 6.54 Å². The van der Waals surface area contributed by atoms with Gasteiger partial charge in [0.15, 0.2) is 0 Å². The van der Waals surface area contributed by atoms with Gasteiger partial charge in [-0.2, -0.15) is 13.2 Å². The predicted molar refractivity (Wildman–Crippen MR) is 40.1 cm³/mol. The first-order valence-electron chi connectivity index (χ1n) is 4.24. The molecule has 0 aliphatic carbocycles. The first-order valence-corrected chi connectivity index (χ1v) is 4.24. The van der Waals surface area contributed by atoms with Crippen LogP contribution >= 0.6 is 0 Å². The molecule has 0 bridgehead atoms. The maximum absolute atomic E-state index is 12.6. The van der Waals surface area contributed by atoms with Crippen molar-refractivity contribution < 1.29 is 17.7 Å². The van der Waals surface area contributed by atoms with Crippen LogP contribution in [0.25, 0.3) is 0 Å². The van der Waals surface area contributed by atoms with Crippen molar-refractivity contribution >= 4 is 0 Å². The lowest BCUT2D eigenvalue weighted by molar-refractivity contribution is -0.725. The van der Waals surface area contributed by atoms with Gasteiger partial charge in [0.1, 0.15) is 0 Å². The van der Waals surface area contributed by atoms with E-state index in [1.165, 1.54) is 11.6 Å². The van der Waals surface area contributed by atoms with Crippen LogP contribution in [0.2, 0.25) is 0 Å². The lowest BCUT2D eigenvalue weighted by atomic mass is 10.4. The normalized spacial score (nSPS) is 16.9. The van der Waals surface area contributed by atoms with Gasteiger partial charge in [0, 0.05) is 11.6 Å². The van der Waals surface area contributed by atoms with E-state index in [1.807, 2.05) is 0 Å². The molecule has 1 aromatic heterocycles. The molecule has 0 unspecified atom stereocenters. The van der Waals surface area contributed by atoms with E-state index in [2.05, 4.69) is 10.4 Å². The van der Waals surface area contributed by atoms with Gasteiger partial charge in [-0.25, -0.2) is 4.57 Å². The number of halogens is 3. The fourth-order valence-electron chi connectivity index (χ4n) is 1.66. The van der Waals surface area contributed by atoms with E-state index >= 15 is 0 Å². The summed E-state index contributed by atoms with van der Waals surface area (Å²) in [6.07, 6.45) is -4.34. The summed E-state index contributed by atoms with van der Waals surface area (Å²) < 4.78 is 39.8. The van der Waals surface area contributed by atoms with Gasteiger partial charge in [-0.3, -0.25) is 0 Å². The Bertz CT molecular complexity index is 355. The third-order valence-corrected chi connectivity index (χ3v) is 2.19. The van der Waals surface area contributed by atoms with Crippen molar-refractivity contribution in [3.8, 4) is 0 Å². The molecule has 1 aromatic rings. The van der Waals surface area contributed by atoms with Gasteiger partial charge in [-0.15, -0.1) is 4.68 Å². The Morgan fingerprint density at radius 1 is 1.50 bits per heavy atom. The molecule has 0 fully saturated rings. The molecule has 0 saturated heterocycles. The van der Waals surface area contributed by atoms with Crippen LogP contribution in [0.1, 0.15) is 11.6 Å². The first-order chi connectivity index (χ1) is 6.50. The van der Waals surface area contributed by atoms with Crippen LogP contribution in [0.15, 0.2) is 0 Å². The summed E-state index contributed by atoms with van der Waals surface area (Å²) in [6, 6.07) is 0. The topological polar surface area (TPSA) is 33.7 Å². The first kappa shape index (κ1) is 9.45. The quantitative estimate of drug-likeness (QED) is 0.599. The van der Waals surface area contributed by atoms with Crippen LogP contribution in [0.4, 0.5) is 13.2 Å². The van der Waals surface area contributed by atoms with Crippen LogP contribution in [0.3, 0.4) is 0 Å². The summed E-state index contributed by atoms with van der Waals surface area (Å²) in [5, 5.41) is 6.78. The molecule has 0 spiro atoms. The van der Waals surface area contributed by atoms with E-state index in [9.17, 15) is 13.2 Å². The summed E-state index contributed by atoms with van der Waals surface area (Å²) in [5.74, 6) is -0.250. The lowest BCUT2D eigenvalue weighted by Crippen LogP contribution is -2.52. The number of alkyl halides is 3. The minimum atomic E-state index is -4.34. The van der Waals surface area contributed by atoms with Gasteiger partial charge in [0.25, 0.3) is 5.82 Å². The molecule has 1 aliphatic heterocycles. The zero-order chi connectivity index (χ0) is 10.3. The number of fused-ring (bicyclic) bond motifs is 1. The van der Waals surface area contributed by atoms with Gasteiger partial charge in [0.05, 0.1) is 20.1 Å². The van der Waals surface area contributed by atoms with E-state index < -0.39 is 12.0 Å². The van der Waals surface area contributed by atoms with E-state index in [0.717, 1.165) is 4.68 Å². The Balaban J connectivity index is 2.53. The minimum absolute atomic E-state index is 0.317. The van der Waals surface area contributed by atoms with Gasteiger partial charge in [-0.1, -0.05) is 0 Å². The number of nitrogens with one attached hydrogen (secondary N) is 1. The largest absolute Gasteiger partial charge is 0.481 e. The Labute approximate surface area is 78.3 Å². The number of aryl methyl sites for hydroxylation is 1. The fraction of sp³-hybridized carbons (Fsp3) is 0.714. The Morgan fingerprint density at radius 2 is 2.21 bits per heavy atom. The number of rotatable bonds is 0. The second kappa shape index (κ2) is 2.94. The van der Waals surface area contributed by atoms with Crippen LogP contribution in [-0.4, -0.2) is 16.3 Å². The number of hydrogen-bond donors (Lipinski definition) is 1. The van der Waals surface area contributed by atoms with Crippen LogP contribution in [0.5, 0.6) is 0 Å². The third-order valence-electron chi connectivity index (χ3n) is 2.19. The highest BCUT2D eigenvalue weighted by Crippen LogP contribution is 2.26. The molecule has 0 aromatic carbocycles. The predicted octanol–water partition coefficient (Wildman–Crippen LogP) is -0.170. The molecule has 0 saturated carbocycles. The molecule has 1 aliphatic rings. The maximum Gasteiger partial charge on any atom is 0.481 e. The highest BCUT2D eigenvalue weighted by molar-refractivity contribution is 4.87.